The maximum Gasteiger partial charge on any atom is 0.338 e. The highest BCUT2D eigenvalue weighted by Crippen LogP contribution is 2.48. The Morgan fingerprint density at radius 1 is 0.680 bits per heavy atom. The van der Waals surface area contributed by atoms with Crippen molar-refractivity contribution in [3.63, 3.8) is 0 Å². The maximum atomic E-state index is 12.4. The third kappa shape index (κ3) is 3.16. The highest BCUT2D eigenvalue weighted by atomic mass is 16.6. The summed E-state index contributed by atoms with van der Waals surface area (Å²) in [7, 11) is 0. The molecule has 2 aliphatic rings. The van der Waals surface area contributed by atoms with Crippen molar-refractivity contribution in [2.45, 2.75) is 31.5 Å². The fourth-order valence-corrected chi connectivity index (χ4v) is 4.04. The second-order valence-corrected chi connectivity index (χ2v) is 6.81. The molecule has 25 heavy (non-hydrogen) atoms. The topological polar surface area (TPSA) is 52.6 Å². The number of fused-ring (bicyclic) bond motifs is 2. The van der Waals surface area contributed by atoms with Crippen molar-refractivity contribution in [3.8, 4) is 0 Å². The lowest BCUT2D eigenvalue weighted by atomic mass is 9.94. The molecule has 0 saturated heterocycles. The fraction of sp³-hybridized carbons (Fsp3) is 0.333. The second kappa shape index (κ2) is 6.71. The Hall–Kier alpha value is -2.62. The van der Waals surface area contributed by atoms with Gasteiger partial charge in [-0.2, -0.15) is 0 Å². The molecule has 2 aromatic rings. The van der Waals surface area contributed by atoms with Gasteiger partial charge < -0.3 is 9.47 Å². The molecular formula is C21H20O4. The molecule has 0 spiro atoms. The van der Waals surface area contributed by atoms with Gasteiger partial charge in [0.05, 0.1) is 11.1 Å². The van der Waals surface area contributed by atoms with E-state index in [0.717, 1.165) is 19.3 Å². The smallest absolute Gasteiger partial charge is 0.338 e. The van der Waals surface area contributed by atoms with Crippen molar-refractivity contribution < 1.29 is 19.1 Å². The third-order valence-corrected chi connectivity index (χ3v) is 5.27. The van der Waals surface area contributed by atoms with Crippen LogP contribution in [0.15, 0.2) is 60.7 Å². The van der Waals surface area contributed by atoms with Gasteiger partial charge >= 0.3 is 11.9 Å². The Kier molecular flexibility index (Phi) is 4.26. The minimum absolute atomic E-state index is 0.284. The first-order chi connectivity index (χ1) is 12.2. The lowest BCUT2D eigenvalue weighted by Gasteiger charge is -2.30. The van der Waals surface area contributed by atoms with E-state index in [1.54, 1.807) is 24.3 Å². The van der Waals surface area contributed by atoms with E-state index in [0.29, 0.717) is 11.1 Å². The van der Waals surface area contributed by atoms with Crippen LogP contribution in [0.2, 0.25) is 0 Å². The highest BCUT2D eigenvalue weighted by Gasteiger charge is 2.52. The van der Waals surface area contributed by atoms with Gasteiger partial charge in [-0.15, -0.1) is 0 Å². The van der Waals surface area contributed by atoms with E-state index in [2.05, 4.69) is 0 Å². The van der Waals surface area contributed by atoms with Gasteiger partial charge in [0.15, 0.2) is 0 Å². The lowest BCUT2D eigenvalue weighted by Crippen LogP contribution is -2.40. The highest BCUT2D eigenvalue weighted by molar-refractivity contribution is 5.90. The van der Waals surface area contributed by atoms with Crippen LogP contribution in [0.4, 0.5) is 0 Å². The number of carbonyl (C=O) groups is 2. The summed E-state index contributed by atoms with van der Waals surface area (Å²) in [6.07, 6.45) is 2.31. The number of hydrogen-bond acceptors (Lipinski definition) is 4. The largest absolute Gasteiger partial charge is 0.455 e. The van der Waals surface area contributed by atoms with Crippen LogP contribution in [0.5, 0.6) is 0 Å². The van der Waals surface area contributed by atoms with Crippen LogP contribution in [0.25, 0.3) is 0 Å². The molecule has 2 bridgehead atoms. The zero-order valence-electron chi connectivity index (χ0n) is 13.8. The summed E-state index contributed by atoms with van der Waals surface area (Å²) in [4.78, 5) is 24.8. The Labute approximate surface area is 146 Å². The van der Waals surface area contributed by atoms with E-state index < -0.39 is 0 Å². The molecule has 2 saturated carbocycles. The van der Waals surface area contributed by atoms with Gasteiger partial charge in [-0.25, -0.2) is 9.59 Å². The molecule has 4 unspecified atom stereocenters. The van der Waals surface area contributed by atoms with Crippen LogP contribution in [0, 0.1) is 11.8 Å². The molecule has 0 aromatic heterocycles. The third-order valence-electron chi connectivity index (χ3n) is 5.27. The van der Waals surface area contributed by atoms with Gasteiger partial charge in [0.1, 0.15) is 12.2 Å². The first kappa shape index (κ1) is 15.9. The minimum Gasteiger partial charge on any atom is -0.455 e. The summed E-state index contributed by atoms with van der Waals surface area (Å²) in [6.45, 7) is 0. The summed E-state index contributed by atoms with van der Waals surface area (Å²) in [5.41, 5.74) is 1.05. The molecular weight excluding hydrogens is 316 g/mol. The van der Waals surface area contributed by atoms with Crippen LogP contribution < -0.4 is 0 Å². The summed E-state index contributed by atoms with van der Waals surface area (Å²) >= 11 is 0. The Balaban J connectivity index is 1.48. The number of carbonyl (C=O) groups excluding carboxylic acids is 2. The van der Waals surface area contributed by atoms with E-state index in [4.69, 9.17) is 9.47 Å². The lowest BCUT2D eigenvalue weighted by molar-refractivity contribution is -0.0559. The molecule has 2 aromatic carbocycles. The number of benzene rings is 2. The second-order valence-electron chi connectivity index (χ2n) is 6.81. The SMILES string of the molecule is O=C(OC1C2CCC(C2)C1OC(=O)c1ccccc1)c1ccccc1. The quantitative estimate of drug-likeness (QED) is 0.796. The van der Waals surface area contributed by atoms with Gasteiger partial charge in [-0.3, -0.25) is 0 Å². The first-order valence-electron chi connectivity index (χ1n) is 8.74. The molecule has 4 atom stereocenters. The molecule has 4 heteroatoms. The number of rotatable bonds is 4. The van der Waals surface area contributed by atoms with E-state index in [-0.39, 0.29) is 36.0 Å². The molecule has 0 radical (unpaired) electrons. The average molecular weight is 336 g/mol. The van der Waals surface area contributed by atoms with Crippen LogP contribution in [-0.4, -0.2) is 24.1 Å². The van der Waals surface area contributed by atoms with E-state index in [9.17, 15) is 9.59 Å². The first-order valence-corrected chi connectivity index (χ1v) is 8.74. The Morgan fingerprint density at radius 2 is 1.08 bits per heavy atom. The molecule has 128 valence electrons. The fourth-order valence-electron chi connectivity index (χ4n) is 4.04. The van der Waals surface area contributed by atoms with Crippen LogP contribution in [0.1, 0.15) is 40.0 Å². The minimum atomic E-state index is -0.348. The van der Waals surface area contributed by atoms with Crippen molar-refractivity contribution in [3.05, 3.63) is 71.8 Å². The van der Waals surface area contributed by atoms with Crippen LogP contribution >= 0.6 is 0 Å². The number of ether oxygens (including phenoxy) is 2. The normalized spacial score (nSPS) is 27.0. The molecule has 4 rings (SSSR count). The van der Waals surface area contributed by atoms with E-state index in [1.165, 1.54) is 0 Å². The van der Waals surface area contributed by atoms with E-state index in [1.807, 2.05) is 36.4 Å². The van der Waals surface area contributed by atoms with Crippen molar-refractivity contribution in [2.75, 3.05) is 0 Å². The predicted octanol–water partition coefficient (Wildman–Crippen LogP) is 3.87. The summed E-state index contributed by atoms with van der Waals surface area (Å²) in [5, 5.41) is 0. The van der Waals surface area contributed by atoms with Crippen molar-refractivity contribution in [1.82, 2.24) is 0 Å². The standard InChI is InChI=1S/C21H20O4/c22-20(14-7-3-1-4-8-14)24-18-16-11-12-17(13-16)19(18)25-21(23)15-9-5-2-6-10-15/h1-10,16-19H,11-13H2. The molecule has 2 fully saturated rings. The number of esters is 2. The molecule has 0 heterocycles. The van der Waals surface area contributed by atoms with Crippen LogP contribution in [0.3, 0.4) is 0 Å². The number of hydrogen-bond donors (Lipinski definition) is 0. The van der Waals surface area contributed by atoms with Gasteiger partial charge in [-0.1, -0.05) is 36.4 Å². The molecule has 2 aliphatic carbocycles. The van der Waals surface area contributed by atoms with Gasteiger partial charge in [0.25, 0.3) is 0 Å². The molecule has 4 nitrogen and oxygen atoms in total. The monoisotopic (exact) mass is 336 g/mol. The summed E-state index contributed by atoms with van der Waals surface area (Å²) in [5.74, 6) is -0.129. The molecule has 0 amide bonds. The molecule has 0 N–H and O–H groups in total. The maximum absolute atomic E-state index is 12.4. The van der Waals surface area contributed by atoms with Gasteiger partial charge in [-0.05, 0) is 43.5 Å². The zero-order chi connectivity index (χ0) is 17.2. The van der Waals surface area contributed by atoms with E-state index >= 15 is 0 Å². The molecule has 0 aliphatic heterocycles. The summed E-state index contributed by atoms with van der Waals surface area (Å²) < 4.78 is 11.5. The predicted molar refractivity (Wildman–Crippen MR) is 92.1 cm³/mol. The van der Waals surface area contributed by atoms with Gasteiger partial charge in [0, 0.05) is 11.8 Å². The van der Waals surface area contributed by atoms with Crippen LogP contribution in [-0.2, 0) is 9.47 Å². The van der Waals surface area contributed by atoms with Crippen molar-refractivity contribution >= 4 is 11.9 Å². The zero-order valence-corrected chi connectivity index (χ0v) is 13.8. The van der Waals surface area contributed by atoms with Gasteiger partial charge in [0.2, 0.25) is 0 Å². The Morgan fingerprint density at radius 3 is 1.48 bits per heavy atom. The van der Waals surface area contributed by atoms with Crippen molar-refractivity contribution in [2.24, 2.45) is 11.8 Å². The van der Waals surface area contributed by atoms with Crippen molar-refractivity contribution in [1.29, 1.82) is 0 Å². The average Bonchev–Trinajstić information content (AvgIpc) is 3.26. The Bertz CT molecular complexity index is 690. The summed E-state index contributed by atoms with van der Waals surface area (Å²) in [6, 6.07) is 17.9.